The second-order valence-corrected chi connectivity index (χ2v) is 5.45. The Bertz CT molecular complexity index is 639. The van der Waals surface area contributed by atoms with Crippen molar-refractivity contribution in [2.75, 3.05) is 6.54 Å². The SMILES string of the molecule is CCCNC(c1cc(F)c(Cl)cc1F)c1cc(C)oc1C. The molecule has 0 radical (unpaired) electrons. The van der Waals surface area contributed by atoms with Gasteiger partial charge in [0.05, 0.1) is 11.1 Å². The molecule has 0 aliphatic heterocycles. The van der Waals surface area contributed by atoms with E-state index in [9.17, 15) is 8.78 Å². The number of rotatable bonds is 5. The van der Waals surface area contributed by atoms with E-state index in [0.717, 1.165) is 29.9 Å². The summed E-state index contributed by atoms with van der Waals surface area (Å²) < 4.78 is 33.4. The first-order chi connectivity index (χ1) is 9.93. The Morgan fingerprint density at radius 3 is 2.43 bits per heavy atom. The maximum Gasteiger partial charge on any atom is 0.142 e. The largest absolute Gasteiger partial charge is 0.466 e. The normalized spacial score (nSPS) is 12.7. The summed E-state index contributed by atoms with van der Waals surface area (Å²) in [6.07, 6.45) is 0.879. The minimum absolute atomic E-state index is 0.217. The Kier molecular flexibility index (Phi) is 5.01. The fourth-order valence-corrected chi connectivity index (χ4v) is 2.52. The molecule has 1 unspecified atom stereocenters. The fraction of sp³-hybridized carbons (Fsp3) is 0.375. The molecule has 0 saturated heterocycles. The zero-order valence-corrected chi connectivity index (χ0v) is 13.0. The van der Waals surface area contributed by atoms with E-state index in [0.29, 0.717) is 12.3 Å². The molecule has 0 aliphatic carbocycles. The molecule has 21 heavy (non-hydrogen) atoms. The van der Waals surface area contributed by atoms with Gasteiger partial charge in [-0.05, 0) is 45.0 Å². The van der Waals surface area contributed by atoms with Crippen LogP contribution in [0.1, 0.15) is 42.0 Å². The van der Waals surface area contributed by atoms with E-state index in [2.05, 4.69) is 5.32 Å². The maximum atomic E-state index is 14.2. The Hall–Kier alpha value is -1.39. The molecular weight excluding hydrogens is 296 g/mol. The molecule has 0 amide bonds. The summed E-state index contributed by atoms with van der Waals surface area (Å²) in [6.45, 7) is 6.33. The number of furan rings is 1. The molecule has 114 valence electrons. The number of hydrogen-bond acceptors (Lipinski definition) is 2. The minimum atomic E-state index is -0.630. The maximum absolute atomic E-state index is 14.2. The average Bonchev–Trinajstić information content (AvgIpc) is 2.75. The molecule has 5 heteroatoms. The third-order valence-electron chi connectivity index (χ3n) is 3.34. The first kappa shape index (κ1) is 16.0. The first-order valence-corrected chi connectivity index (χ1v) is 7.26. The van der Waals surface area contributed by atoms with Crippen LogP contribution in [-0.4, -0.2) is 6.54 Å². The highest BCUT2D eigenvalue weighted by Gasteiger charge is 2.23. The van der Waals surface area contributed by atoms with Crippen LogP contribution in [0.4, 0.5) is 8.78 Å². The van der Waals surface area contributed by atoms with E-state index in [1.165, 1.54) is 0 Å². The van der Waals surface area contributed by atoms with Crippen molar-refractivity contribution in [3.63, 3.8) is 0 Å². The predicted molar refractivity (Wildman–Crippen MR) is 79.7 cm³/mol. The lowest BCUT2D eigenvalue weighted by Gasteiger charge is -2.19. The van der Waals surface area contributed by atoms with Gasteiger partial charge in [0.1, 0.15) is 23.2 Å². The Morgan fingerprint density at radius 2 is 1.86 bits per heavy atom. The molecule has 0 aliphatic rings. The van der Waals surface area contributed by atoms with Crippen molar-refractivity contribution in [3.8, 4) is 0 Å². The summed E-state index contributed by atoms with van der Waals surface area (Å²) in [4.78, 5) is 0. The highest BCUT2D eigenvalue weighted by molar-refractivity contribution is 6.30. The second-order valence-electron chi connectivity index (χ2n) is 5.04. The van der Waals surface area contributed by atoms with E-state index in [4.69, 9.17) is 16.0 Å². The van der Waals surface area contributed by atoms with Gasteiger partial charge in [-0.15, -0.1) is 0 Å². The molecular formula is C16H18ClF2NO. The molecule has 0 spiro atoms. The van der Waals surface area contributed by atoms with Crippen LogP contribution in [0.15, 0.2) is 22.6 Å². The van der Waals surface area contributed by atoms with E-state index in [1.807, 2.05) is 26.8 Å². The minimum Gasteiger partial charge on any atom is -0.466 e. The number of halogens is 3. The van der Waals surface area contributed by atoms with E-state index in [1.54, 1.807) is 0 Å². The highest BCUT2D eigenvalue weighted by Crippen LogP contribution is 2.31. The molecule has 1 atom stereocenters. The molecule has 1 aromatic carbocycles. The average molecular weight is 314 g/mol. The molecule has 1 heterocycles. The van der Waals surface area contributed by atoms with Gasteiger partial charge in [0.25, 0.3) is 0 Å². The zero-order chi connectivity index (χ0) is 15.6. The molecule has 2 aromatic rings. The van der Waals surface area contributed by atoms with Gasteiger partial charge in [-0.2, -0.15) is 0 Å². The van der Waals surface area contributed by atoms with Crippen LogP contribution in [-0.2, 0) is 0 Å². The number of nitrogens with one attached hydrogen (secondary N) is 1. The standard InChI is InChI=1S/C16H18ClF2NO/c1-4-5-20-16(11-6-9(2)21-10(11)3)12-7-15(19)13(17)8-14(12)18/h6-8,16,20H,4-5H2,1-3H3. The Balaban J connectivity index is 2.50. The van der Waals surface area contributed by atoms with Crippen LogP contribution in [0.3, 0.4) is 0 Å². The van der Waals surface area contributed by atoms with Gasteiger partial charge in [0.15, 0.2) is 0 Å². The molecule has 1 N–H and O–H groups in total. The smallest absolute Gasteiger partial charge is 0.142 e. The summed E-state index contributed by atoms with van der Waals surface area (Å²) in [7, 11) is 0. The monoisotopic (exact) mass is 313 g/mol. The lowest BCUT2D eigenvalue weighted by atomic mass is 9.98. The Labute approximate surface area is 128 Å². The van der Waals surface area contributed by atoms with Gasteiger partial charge >= 0.3 is 0 Å². The van der Waals surface area contributed by atoms with Crippen molar-refractivity contribution in [1.29, 1.82) is 0 Å². The van der Waals surface area contributed by atoms with Gasteiger partial charge in [0.2, 0.25) is 0 Å². The predicted octanol–water partition coefficient (Wildman–Crippen LogP) is 4.92. The van der Waals surface area contributed by atoms with Gasteiger partial charge < -0.3 is 9.73 Å². The number of benzene rings is 1. The first-order valence-electron chi connectivity index (χ1n) is 6.88. The third kappa shape index (κ3) is 3.44. The van der Waals surface area contributed by atoms with Gasteiger partial charge in [-0.25, -0.2) is 8.78 Å². The number of hydrogen-bond donors (Lipinski definition) is 1. The molecule has 1 aromatic heterocycles. The van der Waals surface area contributed by atoms with Crippen molar-refractivity contribution in [3.05, 3.63) is 57.5 Å². The van der Waals surface area contributed by atoms with Crippen LogP contribution in [0.5, 0.6) is 0 Å². The highest BCUT2D eigenvalue weighted by atomic mass is 35.5. The number of aryl methyl sites for hydroxylation is 2. The van der Waals surface area contributed by atoms with Crippen LogP contribution in [0.2, 0.25) is 5.02 Å². The van der Waals surface area contributed by atoms with Crippen LogP contribution < -0.4 is 5.32 Å². The lowest BCUT2D eigenvalue weighted by Crippen LogP contribution is -2.24. The van der Waals surface area contributed by atoms with Crippen LogP contribution >= 0.6 is 11.6 Å². The van der Waals surface area contributed by atoms with E-state index >= 15 is 0 Å². The summed E-state index contributed by atoms with van der Waals surface area (Å²) in [5, 5.41) is 3.02. The van der Waals surface area contributed by atoms with E-state index in [-0.39, 0.29) is 10.6 Å². The summed E-state index contributed by atoms with van der Waals surface area (Å²) in [5.74, 6) is 0.263. The van der Waals surface area contributed by atoms with Gasteiger partial charge in [-0.1, -0.05) is 18.5 Å². The third-order valence-corrected chi connectivity index (χ3v) is 3.63. The van der Waals surface area contributed by atoms with Gasteiger partial charge in [-0.3, -0.25) is 0 Å². The zero-order valence-electron chi connectivity index (χ0n) is 12.3. The summed E-state index contributed by atoms with van der Waals surface area (Å²) in [6, 6.07) is 3.53. The van der Waals surface area contributed by atoms with Crippen molar-refractivity contribution < 1.29 is 13.2 Å². The second kappa shape index (κ2) is 6.58. The lowest BCUT2D eigenvalue weighted by molar-refractivity contribution is 0.488. The molecule has 0 bridgehead atoms. The topological polar surface area (TPSA) is 25.2 Å². The van der Waals surface area contributed by atoms with Crippen LogP contribution in [0.25, 0.3) is 0 Å². The summed E-state index contributed by atoms with van der Waals surface area (Å²) >= 11 is 5.62. The fourth-order valence-electron chi connectivity index (χ4n) is 2.37. The molecule has 2 nitrogen and oxygen atoms in total. The quantitative estimate of drug-likeness (QED) is 0.793. The summed E-state index contributed by atoms with van der Waals surface area (Å²) in [5.41, 5.74) is 1.04. The van der Waals surface area contributed by atoms with Gasteiger partial charge in [0, 0.05) is 11.1 Å². The van der Waals surface area contributed by atoms with Crippen molar-refractivity contribution in [2.45, 2.75) is 33.2 Å². The van der Waals surface area contributed by atoms with E-state index < -0.39 is 17.7 Å². The van der Waals surface area contributed by atoms with Crippen molar-refractivity contribution in [1.82, 2.24) is 5.32 Å². The molecule has 0 fully saturated rings. The molecule has 0 saturated carbocycles. The van der Waals surface area contributed by atoms with Crippen molar-refractivity contribution >= 4 is 11.6 Å². The Morgan fingerprint density at radius 1 is 1.14 bits per heavy atom. The van der Waals surface area contributed by atoms with Crippen LogP contribution in [0, 0.1) is 25.5 Å². The van der Waals surface area contributed by atoms with Crippen molar-refractivity contribution in [2.24, 2.45) is 0 Å². The molecule has 2 rings (SSSR count).